The second-order valence-corrected chi connectivity index (χ2v) is 5.27. The first kappa shape index (κ1) is 13.2. The van der Waals surface area contributed by atoms with Crippen molar-refractivity contribution in [2.24, 2.45) is 5.73 Å². The molecule has 2 rings (SSSR count). The molecule has 0 amide bonds. The van der Waals surface area contributed by atoms with Crippen molar-refractivity contribution in [1.82, 2.24) is 15.1 Å². The predicted octanol–water partition coefficient (Wildman–Crippen LogP) is 2.27. The zero-order valence-corrected chi connectivity index (χ0v) is 11.5. The van der Waals surface area contributed by atoms with Gasteiger partial charge in [0.15, 0.2) is 5.82 Å². The van der Waals surface area contributed by atoms with Crippen LogP contribution >= 0.6 is 11.3 Å². The molecule has 2 N–H and O–H groups in total. The van der Waals surface area contributed by atoms with Crippen molar-refractivity contribution < 1.29 is 4.52 Å². The van der Waals surface area contributed by atoms with Crippen molar-refractivity contribution in [3.05, 3.63) is 27.8 Å². The van der Waals surface area contributed by atoms with Gasteiger partial charge < -0.3 is 10.3 Å². The molecule has 0 aliphatic rings. The Kier molecular flexibility index (Phi) is 4.43. The number of thiazole rings is 1. The molecule has 0 saturated carbocycles. The molecule has 0 saturated heterocycles. The average Bonchev–Trinajstić information content (AvgIpc) is 2.96. The van der Waals surface area contributed by atoms with E-state index < -0.39 is 0 Å². The predicted molar refractivity (Wildman–Crippen MR) is 70.7 cm³/mol. The lowest BCUT2D eigenvalue weighted by Gasteiger charge is -2.06. The molecule has 2 aromatic heterocycles. The summed E-state index contributed by atoms with van der Waals surface area (Å²) >= 11 is 1.62. The Morgan fingerprint density at radius 2 is 2.28 bits per heavy atom. The van der Waals surface area contributed by atoms with Gasteiger partial charge in [-0.1, -0.05) is 18.5 Å². The van der Waals surface area contributed by atoms with Gasteiger partial charge in [0.1, 0.15) is 5.01 Å². The van der Waals surface area contributed by atoms with Gasteiger partial charge in [0.2, 0.25) is 5.89 Å². The molecule has 0 radical (unpaired) electrons. The molecule has 0 aliphatic carbocycles. The molecule has 0 fully saturated rings. The normalized spacial score (nSPS) is 12.8. The third-order valence-corrected chi connectivity index (χ3v) is 3.70. The summed E-state index contributed by atoms with van der Waals surface area (Å²) in [4.78, 5) is 8.80. The van der Waals surface area contributed by atoms with Gasteiger partial charge in [-0.3, -0.25) is 0 Å². The van der Waals surface area contributed by atoms with Crippen LogP contribution in [0.3, 0.4) is 0 Å². The van der Waals surface area contributed by atoms with Crippen LogP contribution in [0.5, 0.6) is 0 Å². The third-order valence-electron chi connectivity index (χ3n) is 2.73. The Morgan fingerprint density at radius 1 is 1.44 bits per heavy atom. The second-order valence-electron chi connectivity index (χ2n) is 4.33. The van der Waals surface area contributed by atoms with Gasteiger partial charge in [0, 0.05) is 17.6 Å². The van der Waals surface area contributed by atoms with Crippen LogP contribution in [0.25, 0.3) is 0 Å². The van der Waals surface area contributed by atoms with Gasteiger partial charge in [0.05, 0.1) is 12.3 Å². The molecule has 0 aliphatic heterocycles. The Hall–Kier alpha value is -1.27. The second kappa shape index (κ2) is 6.06. The van der Waals surface area contributed by atoms with Gasteiger partial charge in [-0.25, -0.2) is 4.98 Å². The zero-order chi connectivity index (χ0) is 13.0. The highest BCUT2D eigenvalue weighted by atomic mass is 32.1. The fraction of sp³-hybridized carbons (Fsp3) is 0.583. The molecule has 18 heavy (non-hydrogen) atoms. The smallest absolute Gasteiger partial charge is 0.231 e. The standard InChI is InChI=1S/C12H18N4OS/c1-3-4-9(6-13)12-15-10(16-17-12)5-11-14-8(2)7-18-11/h7,9H,3-6,13H2,1-2H3. The van der Waals surface area contributed by atoms with E-state index in [4.69, 9.17) is 10.3 Å². The summed E-state index contributed by atoms with van der Waals surface area (Å²) in [5.74, 6) is 1.52. The van der Waals surface area contributed by atoms with Crippen LogP contribution in [0.15, 0.2) is 9.90 Å². The summed E-state index contributed by atoms with van der Waals surface area (Å²) in [6, 6.07) is 0. The Bertz CT molecular complexity index is 494. The Labute approximate surface area is 110 Å². The molecule has 1 atom stereocenters. The maximum Gasteiger partial charge on any atom is 0.231 e. The molecule has 2 aromatic rings. The average molecular weight is 266 g/mol. The van der Waals surface area contributed by atoms with E-state index in [1.807, 2.05) is 12.3 Å². The Balaban J connectivity index is 2.05. The van der Waals surface area contributed by atoms with E-state index in [9.17, 15) is 0 Å². The summed E-state index contributed by atoms with van der Waals surface area (Å²) in [5.41, 5.74) is 6.75. The topological polar surface area (TPSA) is 77.8 Å². The monoisotopic (exact) mass is 266 g/mol. The molecule has 2 heterocycles. The Morgan fingerprint density at radius 3 is 2.89 bits per heavy atom. The third kappa shape index (κ3) is 3.14. The molecule has 0 spiro atoms. The summed E-state index contributed by atoms with van der Waals surface area (Å²) in [6.07, 6.45) is 2.67. The van der Waals surface area contributed by atoms with Crippen LogP contribution in [0.4, 0.5) is 0 Å². The van der Waals surface area contributed by atoms with E-state index in [1.165, 1.54) is 0 Å². The molecular weight excluding hydrogens is 248 g/mol. The van der Waals surface area contributed by atoms with Crippen LogP contribution in [0.2, 0.25) is 0 Å². The first-order valence-electron chi connectivity index (χ1n) is 6.16. The highest BCUT2D eigenvalue weighted by Crippen LogP contribution is 2.19. The van der Waals surface area contributed by atoms with Gasteiger partial charge in [-0.2, -0.15) is 4.98 Å². The number of rotatable bonds is 6. The molecule has 1 unspecified atom stereocenters. The van der Waals surface area contributed by atoms with Crippen LogP contribution in [-0.4, -0.2) is 21.7 Å². The minimum atomic E-state index is 0.175. The van der Waals surface area contributed by atoms with E-state index in [2.05, 4.69) is 22.0 Å². The maximum atomic E-state index is 5.72. The maximum absolute atomic E-state index is 5.72. The van der Waals surface area contributed by atoms with E-state index in [-0.39, 0.29) is 5.92 Å². The molecule has 6 heteroatoms. The summed E-state index contributed by atoms with van der Waals surface area (Å²) in [7, 11) is 0. The number of hydrogen-bond donors (Lipinski definition) is 1. The van der Waals surface area contributed by atoms with Crippen molar-refractivity contribution >= 4 is 11.3 Å². The van der Waals surface area contributed by atoms with E-state index >= 15 is 0 Å². The van der Waals surface area contributed by atoms with Crippen molar-refractivity contribution in [3.63, 3.8) is 0 Å². The summed E-state index contributed by atoms with van der Waals surface area (Å²) < 4.78 is 5.28. The van der Waals surface area contributed by atoms with Crippen molar-refractivity contribution in [3.8, 4) is 0 Å². The van der Waals surface area contributed by atoms with Gasteiger partial charge in [0.25, 0.3) is 0 Å². The zero-order valence-electron chi connectivity index (χ0n) is 10.7. The molecular formula is C12H18N4OS. The fourth-order valence-electron chi connectivity index (χ4n) is 1.81. The molecule has 98 valence electrons. The lowest BCUT2D eigenvalue weighted by Crippen LogP contribution is -2.12. The summed E-state index contributed by atoms with van der Waals surface area (Å²) in [6.45, 7) is 4.65. The molecule has 5 nitrogen and oxygen atoms in total. The van der Waals surface area contributed by atoms with E-state index in [0.29, 0.717) is 24.7 Å². The van der Waals surface area contributed by atoms with Crippen LogP contribution in [-0.2, 0) is 6.42 Å². The first-order chi connectivity index (χ1) is 8.72. The number of hydrogen-bond acceptors (Lipinski definition) is 6. The number of aromatic nitrogens is 3. The lowest BCUT2D eigenvalue weighted by molar-refractivity contribution is 0.344. The first-order valence-corrected chi connectivity index (χ1v) is 7.04. The van der Waals surface area contributed by atoms with Crippen LogP contribution in [0.1, 0.15) is 48.1 Å². The van der Waals surface area contributed by atoms with E-state index in [0.717, 1.165) is 23.5 Å². The molecule has 0 bridgehead atoms. The fourth-order valence-corrected chi connectivity index (χ4v) is 2.58. The van der Waals surface area contributed by atoms with Crippen molar-refractivity contribution in [2.45, 2.75) is 39.0 Å². The van der Waals surface area contributed by atoms with Crippen LogP contribution in [0, 0.1) is 6.92 Å². The lowest BCUT2D eigenvalue weighted by atomic mass is 10.0. The number of nitrogens with zero attached hydrogens (tertiary/aromatic N) is 3. The van der Waals surface area contributed by atoms with Crippen molar-refractivity contribution in [2.75, 3.05) is 6.54 Å². The minimum Gasteiger partial charge on any atom is -0.339 e. The summed E-state index contributed by atoms with van der Waals surface area (Å²) in [5, 5.41) is 7.03. The highest BCUT2D eigenvalue weighted by Gasteiger charge is 2.17. The highest BCUT2D eigenvalue weighted by molar-refractivity contribution is 7.09. The van der Waals surface area contributed by atoms with Gasteiger partial charge in [-0.05, 0) is 13.3 Å². The quantitative estimate of drug-likeness (QED) is 0.867. The van der Waals surface area contributed by atoms with Crippen molar-refractivity contribution in [1.29, 1.82) is 0 Å². The van der Waals surface area contributed by atoms with E-state index in [1.54, 1.807) is 11.3 Å². The van der Waals surface area contributed by atoms with Gasteiger partial charge in [-0.15, -0.1) is 11.3 Å². The number of nitrogens with two attached hydrogens (primary N) is 1. The van der Waals surface area contributed by atoms with Crippen LogP contribution < -0.4 is 5.73 Å². The number of aryl methyl sites for hydroxylation is 1. The SMILES string of the molecule is CCCC(CN)c1nc(Cc2nc(C)cs2)no1. The molecule has 0 aromatic carbocycles. The largest absolute Gasteiger partial charge is 0.339 e. The van der Waals surface area contributed by atoms with Gasteiger partial charge >= 0.3 is 0 Å². The minimum absolute atomic E-state index is 0.175.